The lowest BCUT2D eigenvalue weighted by Gasteiger charge is -2.31. The topological polar surface area (TPSA) is 110 Å². The third-order valence-electron chi connectivity index (χ3n) is 6.36. The van der Waals surface area contributed by atoms with Gasteiger partial charge in [0, 0.05) is 38.2 Å². The Morgan fingerprint density at radius 1 is 1.09 bits per heavy atom. The maximum absolute atomic E-state index is 13.3. The summed E-state index contributed by atoms with van der Waals surface area (Å²) in [5.74, 6) is -1.12. The van der Waals surface area contributed by atoms with Crippen LogP contribution < -0.4 is 5.73 Å². The molecule has 8 nitrogen and oxygen atoms in total. The van der Waals surface area contributed by atoms with E-state index in [1.54, 1.807) is 28.0 Å². The van der Waals surface area contributed by atoms with E-state index in [4.69, 9.17) is 10.3 Å². The Morgan fingerprint density at radius 2 is 1.88 bits per heavy atom. The lowest BCUT2D eigenvalue weighted by molar-refractivity contribution is -0.131. The molecule has 3 amide bonds. The van der Waals surface area contributed by atoms with Crippen LogP contribution in [0.5, 0.6) is 0 Å². The van der Waals surface area contributed by atoms with Crippen LogP contribution in [0.4, 0.5) is 4.39 Å². The fourth-order valence-electron chi connectivity index (χ4n) is 4.49. The third-order valence-corrected chi connectivity index (χ3v) is 6.36. The highest BCUT2D eigenvalue weighted by atomic mass is 19.1. The van der Waals surface area contributed by atoms with Crippen LogP contribution in [0.3, 0.4) is 0 Å². The number of aromatic nitrogens is 1. The first-order valence-electron chi connectivity index (χ1n) is 11.0. The van der Waals surface area contributed by atoms with E-state index >= 15 is 0 Å². The van der Waals surface area contributed by atoms with Gasteiger partial charge in [-0.25, -0.2) is 4.39 Å². The Hall–Kier alpha value is -3.23. The molecule has 2 aromatic rings. The van der Waals surface area contributed by atoms with E-state index in [0.29, 0.717) is 56.7 Å². The first-order valence-corrected chi connectivity index (χ1v) is 11.0. The van der Waals surface area contributed by atoms with Gasteiger partial charge in [-0.3, -0.25) is 14.4 Å². The molecular weight excluding hydrogens is 415 g/mol. The number of nitrogens with zero attached hydrogens (tertiary/aromatic N) is 3. The maximum atomic E-state index is 13.3. The van der Waals surface area contributed by atoms with Gasteiger partial charge < -0.3 is 20.1 Å². The third kappa shape index (κ3) is 4.98. The molecule has 0 aliphatic carbocycles. The Labute approximate surface area is 185 Å². The Bertz CT molecular complexity index is 999. The van der Waals surface area contributed by atoms with E-state index in [-0.39, 0.29) is 47.6 Å². The predicted octanol–water partition coefficient (Wildman–Crippen LogP) is 2.10. The van der Waals surface area contributed by atoms with Gasteiger partial charge in [-0.15, -0.1) is 0 Å². The molecule has 1 atom stereocenters. The SMILES string of the molecule is NC(=O)C1CCCN(C(=O)c2cc(C3CCN(C(=O)Cc4cccc(F)c4)CC3)no2)C1. The molecule has 2 aliphatic rings. The van der Waals surface area contributed by atoms with Gasteiger partial charge in [-0.1, -0.05) is 17.3 Å². The summed E-state index contributed by atoms with van der Waals surface area (Å²) in [7, 11) is 0. The van der Waals surface area contributed by atoms with Gasteiger partial charge in [0.2, 0.25) is 17.6 Å². The van der Waals surface area contributed by atoms with Crippen molar-refractivity contribution >= 4 is 17.7 Å². The number of likely N-dealkylation sites (tertiary alicyclic amines) is 2. The molecule has 9 heteroatoms. The van der Waals surface area contributed by atoms with Gasteiger partial charge in [0.05, 0.1) is 18.0 Å². The first-order chi connectivity index (χ1) is 15.4. The molecule has 2 fully saturated rings. The van der Waals surface area contributed by atoms with Crippen LogP contribution in [0.15, 0.2) is 34.9 Å². The number of halogens is 1. The summed E-state index contributed by atoms with van der Waals surface area (Å²) in [4.78, 5) is 40.2. The van der Waals surface area contributed by atoms with E-state index in [1.165, 1.54) is 12.1 Å². The minimum absolute atomic E-state index is 0.0285. The van der Waals surface area contributed by atoms with Crippen LogP contribution in [0.2, 0.25) is 0 Å². The zero-order chi connectivity index (χ0) is 22.7. The van der Waals surface area contributed by atoms with Crippen LogP contribution >= 0.6 is 0 Å². The highest BCUT2D eigenvalue weighted by Crippen LogP contribution is 2.29. The maximum Gasteiger partial charge on any atom is 0.292 e. The lowest BCUT2D eigenvalue weighted by Crippen LogP contribution is -2.44. The highest BCUT2D eigenvalue weighted by Gasteiger charge is 2.31. The second-order valence-electron chi connectivity index (χ2n) is 8.57. The van der Waals surface area contributed by atoms with E-state index in [0.717, 1.165) is 6.42 Å². The Balaban J connectivity index is 1.31. The van der Waals surface area contributed by atoms with Crippen molar-refractivity contribution in [2.75, 3.05) is 26.2 Å². The lowest BCUT2D eigenvalue weighted by atomic mass is 9.93. The molecule has 0 spiro atoms. The summed E-state index contributed by atoms with van der Waals surface area (Å²) in [5, 5.41) is 4.10. The smallest absolute Gasteiger partial charge is 0.292 e. The van der Waals surface area contributed by atoms with E-state index in [1.807, 2.05) is 0 Å². The fourth-order valence-corrected chi connectivity index (χ4v) is 4.49. The van der Waals surface area contributed by atoms with Crippen molar-refractivity contribution in [3.8, 4) is 0 Å². The highest BCUT2D eigenvalue weighted by molar-refractivity contribution is 5.92. The predicted molar refractivity (Wildman–Crippen MR) is 113 cm³/mol. The van der Waals surface area contributed by atoms with Crippen LogP contribution in [-0.2, 0) is 16.0 Å². The number of benzene rings is 1. The number of primary amides is 1. The van der Waals surface area contributed by atoms with Gasteiger partial charge in [-0.05, 0) is 43.4 Å². The number of carbonyl (C=O) groups excluding carboxylic acids is 3. The molecule has 1 aromatic carbocycles. The standard InChI is InChI=1S/C23H27FN4O4/c24-18-5-1-3-15(11-18)12-21(29)27-9-6-16(7-10-27)19-13-20(32-26-19)23(31)28-8-2-4-17(14-28)22(25)30/h1,3,5,11,13,16-17H,2,4,6-10,12,14H2,(H2,25,30). The largest absolute Gasteiger partial charge is 0.369 e. The van der Waals surface area contributed by atoms with E-state index in [9.17, 15) is 18.8 Å². The molecule has 32 heavy (non-hydrogen) atoms. The molecular formula is C23H27FN4O4. The second-order valence-corrected chi connectivity index (χ2v) is 8.57. The summed E-state index contributed by atoms with van der Waals surface area (Å²) < 4.78 is 18.7. The molecule has 2 saturated heterocycles. The van der Waals surface area contributed by atoms with Crippen LogP contribution in [-0.4, -0.2) is 58.9 Å². The monoisotopic (exact) mass is 442 g/mol. The van der Waals surface area contributed by atoms with Crippen molar-refractivity contribution in [3.63, 3.8) is 0 Å². The zero-order valence-electron chi connectivity index (χ0n) is 17.8. The minimum atomic E-state index is -0.389. The Morgan fingerprint density at radius 3 is 2.59 bits per heavy atom. The van der Waals surface area contributed by atoms with Crippen LogP contribution in [0.1, 0.15) is 53.4 Å². The summed E-state index contributed by atoms with van der Waals surface area (Å²) >= 11 is 0. The molecule has 0 saturated carbocycles. The second kappa shape index (κ2) is 9.50. The molecule has 170 valence electrons. The van der Waals surface area contributed by atoms with Crippen molar-refractivity contribution < 1.29 is 23.3 Å². The number of nitrogens with two attached hydrogens (primary N) is 1. The number of amides is 3. The van der Waals surface area contributed by atoms with Gasteiger partial charge in [0.1, 0.15) is 5.82 Å². The number of carbonyl (C=O) groups is 3. The number of hydrogen-bond acceptors (Lipinski definition) is 5. The van der Waals surface area contributed by atoms with Gasteiger partial charge >= 0.3 is 0 Å². The first kappa shape index (κ1) is 22.0. The van der Waals surface area contributed by atoms with Crippen LogP contribution in [0.25, 0.3) is 0 Å². The number of hydrogen-bond donors (Lipinski definition) is 1. The van der Waals surface area contributed by atoms with Crippen molar-refractivity contribution in [2.24, 2.45) is 11.7 Å². The molecule has 4 rings (SSSR count). The molecule has 2 N–H and O–H groups in total. The van der Waals surface area contributed by atoms with Gasteiger partial charge in [0.25, 0.3) is 5.91 Å². The summed E-state index contributed by atoms with van der Waals surface area (Å²) in [5.41, 5.74) is 6.76. The normalized spacial score (nSPS) is 19.7. The zero-order valence-corrected chi connectivity index (χ0v) is 17.8. The molecule has 1 aromatic heterocycles. The van der Waals surface area contributed by atoms with Crippen molar-refractivity contribution in [3.05, 3.63) is 53.2 Å². The molecule has 3 heterocycles. The molecule has 1 unspecified atom stereocenters. The molecule has 0 radical (unpaired) electrons. The van der Waals surface area contributed by atoms with E-state index in [2.05, 4.69) is 5.16 Å². The van der Waals surface area contributed by atoms with Gasteiger partial charge in [-0.2, -0.15) is 0 Å². The number of rotatable bonds is 5. The van der Waals surface area contributed by atoms with Crippen LogP contribution in [0, 0.1) is 11.7 Å². The van der Waals surface area contributed by atoms with Crippen molar-refractivity contribution in [2.45, 2.75) is 38.0 Å². The fraction of sp³-hybridized carbons (Fsp3) is 0.478. The van der Waals surface area contributed by atoms with Gasteiger partial charge in [0.15, 0.2) is 0 Å². The Kier molecular flexibility index (Phi) is 6.53. The van der Waals surface area contributed by atoms with E-state index < -0.39 is 0 Å². The quantitative estimate of drug-likeness (QED) is 0.763. The number of piperidine rings is 2. The minimum Gasteiger partial charge on any atom is -0.369 e. The van der Waals surface area contributed by atoms with Crippen molar-refractivity contribution in [1.29, 1.82) is 0 Å². The average molecular weight is 442 g/mol. The molecule has 0 bridgehead atoms. The average Bonchev–Trinajstić information content (AvgIpc) is 3.29. The summed E-state index contributed by atoms with van der Waals surface area (Å²) in [6, 6.07) is 7.76. The van der Waals surface area contributed by atoms with Crippen molar-refractivity contribution in [1.82, 2.24) is 15.0 Å². The summed E-state index contributed by atoms with van der Waals surface area (Å²) in [6.07, 6.45) is 3.01. The summed E-state index contributed by atoms with van der Waals surface area (Å²) in [6.45, 7) is 2.00. The molecule has 2 aliphatic heterocycles.